The van der Waals surface area contributed by atoms with E-state index in [9.17, 15) is 18.0 Å². The molecule has 0 aliphatic carbocycles. The Hall–Kier alpha value is -3.24. The zero-order valence-corrected chi connectivity index (χ0v) is 18.4. The van der Waals surface area contributed by atoms with E-state index >= 15 is 0 Å². The number of aromatic nitrogens is 3. The first-order valence-corrected chi connectivity index (χ1v) is 11.2. The van der Waals surface area contributed by atoms with E-state index in [1.54, 1.807) is 11.3 Å². The number of thiophene rings is 1. The average Bonchev–Trinajstić information content (AvgIpc) is 3.44. The van der Waals surface area contributed by atoms with Crippen molar-refractivity contribution in [3.8, 4) is 22.2 Å². The minimum absolute atomic E-state index is 0.272. The molecule has 5 rings (SSSR count). The molecule has 1 N–H and O–H groups in total. The van der Waals surface area contributed by atoms with Gasteiger partial charge in [0.25, 0.3) is 5.56 Å². The number of halogens is 3. The Labute approximate surface area is 190 Å². The van der Waals surface area contributed by atoms with Gasteiger partial charge in [-0.1, -0.05) is 18.2 Å². The molecule has 0 saturated heterocycles. The lowest BCUT2D eigenvalue weighted by Gasteiger charge is -2.27. The van der Waals surface area contributed by atoms with Crippen molar-refractivity contribution in [1.82, 2.24) is 19.9 Å². The summed E-state index contributed by atoms with van der Waals surface area (Å²) in [5.74, 6) is 1.61. The Balaban J connectivity index is 1.35. The summed E-state index contributed by atoms with van der Waals surface area (Å²) in [7, 11) is 0. The molecule has 0 atom stereocenters. The number of nitrogens with one attached hydrogen (secondary N) is 1. The third-order valence-corrected chi connectivity index (χ3v) is 6.49. The molecule has 0 saturated carbocycles. The van der Waals surface area contributed by atoms with Crippen molar-refractivity contribution >= 4 is 11.3 Å². The van der Waals surface area contributed by atoms with Crippen LogP contribution in [0.2, 0.25) is 0 Å². The van der Waals surface area contributed by atoms with E-state index in [-0.39, 0.29) is 11.4 Å². The normalized spacial score (nSPS) is 14.4. The summed E-state index contributed by atoms with van der Waals surface area (Å²) < 4.78 is 44.3. The van der Waals surface area contributed by atoms with Gasteiger partial charge in [0.1, 0.15) is 11.6 Å². The van der Waals surface area contributed by atoms with Gasteiger partial charge in [0.05, 0.1) is 27.4 Å². The molecule has 0 fully saturated rings. The van der Waals surface area contributed by atoms with E-state index in [0.717, 1.165) is 28.5 Å². The number of aromatic amines is 1. The number of nitrogens with zero attached hydrogens (tertiary/aromatic N) is 3. The number of oxazole rings is 1. The average molecular weight is 472 g/mol. The molecule has 1 aliphatic heterocycles. The summed E-state index contributed by atoms with van der Waals surface area (Å²) in [6.45, 7) is 3.50. The highest BCUT2D eigenvalue weighted by atomic mass is 32.1. The van der Waals surface area contributed by atoms with Gasteiger partial charge in [-0.2, -0.15) is 13.2 Å². The molecule has 0 amide bonds. The van der Waals surface area contributed by atoms with Crippen molar-refractivity contribution in [1.29, 1.82) is 0 Å². The zero-order valence-electron chi connectivity index (χ0n) is 17.6. The molecule has 0 unspecified atom stereocenters. The lowest BCUT2D eigenvalue weighted by molar-refractivity contribution is -0.137. The predicted octanol–water partition coefficient (Wildman–Crippen LogP) is 5.04. The monoisotopic (exact) mass is 472 g/mol. The Kier molecular flexibility index (Phi) is 5.41. The van der Waals surface area contributed by atoms with Gasteiger partial charge in [-0.05, 0) is 30.5 Å². The minimum atomic E-state index is -4.41. The predicted molar refractivity (Wildman–Crippen MR) is 118 cm³/mol. The number of hydrogen-bond acceptors (Lipinski definition) is 6. The summed E-state index contributed by atoms with van der Waals surface area (Å²) in [4.78, 5) is 27.7. The van der Waals surface area contributed by atoms with Crippen LogP contribution >= 0.6 is 11.3 Å². The summed E-state index contributed by atoms with van der Waals surface area (Å²) in [6, 6.07) is 8.51. The Morgan fingerprint density at radius 1 is 1.18 bits per heavy atom. The highest BCUT2D eigenvalue weighted by Gasteiger charge is 2.30. The largest absolute Gasteiger partial charge is 0.440 e. The van der Waals surface area contributed by atoms with E-state index in [1.807, 2.05) is 24.4 Å². The van der Waals surface area contributed by atoms with Crippen LogP contribution in [0.4, 0.5) is 13.2 Å². The quantitative estimate of drug-likeness (QED) is 0.451. The van der Waals surface area contributed by atoms with Crippen molar-refractivity contribution in [2.75, 3.05) is 6.54 Å². The summed E-state index contributed by atoms with van der Waals surface area (Å²) in [5, 5.41) is 1.97. The summed E-state index contributed by atoms with van der Waals surface area (Å²) in [6.07, 6.45) is -3.85. The highest BCUT2D eigenvalue weighted by Crippen LogP contribution is 2.31. The van der Waals surface area contributed by atoms with E-state index in [0.29, 0.717) is 48.8 Å². The van der Waals surface area contributed by atoms with Crippen molar-refractivity contribution in [2.24, 2.45) is 0 Å². The van der Waals surface area contributed by atoms with Crippen LogP contribution in [0, 0.1) is 6.92 Å². The molecule has 4 aromatic rings. The molecule has 10 heteroatoms. The molecule has 33 heavy (non-hydrogen) atoms. The van der Waals surface area contributed by atoms with Gasteiger partial charge in [-0.25, -0.2) is 9.97 Å². The van der Waals surface area contributed by atoms with Gasteiger partial charge in [-0.15, -0.1) is 11.3 Å². The molecular formula is C23H19F3N4O2S. The van der Waals surface area contributed by atoms with Crippen LogP contribution in [0.15, 0.2) is 51.0 Å². The third-order valence-electron chi connectivity index (χ3n) is 5.63. The van der Waals surface area contributed by atoms with Gasteiger partial charge < -0.3 is 9.40 Å². The lowest BCUT2D eigenvalue weighted by Crippen LogP contribution is -2.35. The second kappa shape index (κ2) is 8.27. The second-order valence-electron chi connectivity index (χ2n) is 7.87. The van der Waals surface area contributed by atoms with Crippen LogP contribution < -0.4 is 5.56 Å². The lowest BCUT2D eigenvalue weighted by atomic mass is 10.1. The molecule has 1 aromatic carbocycles. The first kappa shape index (κ1) is 21.6. The first-order chi connectivity index (χ1) is 15.8. The number of aryl methyl sites for hydroxylation is 1. The van der Waals surface area contributed by atoms with Crippen LogP contribution in [0.1, 0.15) is 28.3 Å². The number of H-pyrrole nitrogens is 1. The topological polar surface area (TPSA) is 75.0 Å². The number of rotatable bonds is 4. The maximum absolute atomic E-state index is 12.8. The SMILES string of the molecule is Cc1oc(-c2cccs2)nc1CN1CCc2nc(-c3ccc(C(F)(F)F)cc3)[nH]c(=O)c2C1. The van der Waals surface area contributed by atoms with Crippen molar-refractivity contribution in [2.45, 2.75) is 32.6 Å². The molecule has 0 spiro atoms. The Bertz CT molecular complexity index is 1340. The fraction of sp³-hybridized carbons (Fsp3) is 0.261. The molecule has 0 bridgehead atoms. The van der Waals surface area contributed by atoms with Crippen molar-refractivity contribution < 1.29 is 17.6 Å². The van der Waals surface area contributed by atoms with E-state index in [2.05, 4.69) is 19.9 Å². The molecule has 6 nitrogen and oxygen atoms in total. The van der Waals surface area contributed by atoms with Crippen molar-refractivity contribution in [3.63, 3.8) is 0 Å². The molecule has 1 aliphatic rings. The molecule has 3 aromatic heterocycles. The standard InChI is InChI=1S/C23H19F3N4O2S/c1-13-18(28-22(32-13)19-3-2-10-33-19)12-30-9-8-17-16(11-30)21(31)29-20(27-17)14-4-6-15(7-5-14)23(24,25)26/h2-7,10H,8-9,11-12H2,1H3,(H,27,29,31). The zero-order chi connectivity index (χ0) is 23.2. The van der Waals surface area contributed by atoms with Crippen LogP contribution in [0.5, 0.6) is 0 Å². The second-order valence-corrected chi connectivity index (χ2v) is 8.82. The Morgan fingerprint density at radius 2 is 1.97 bits per heavy atom. The molecule has 170 valence electrons. The smallest absolute Gasteiger partial charge is 0.416 e. The van der Waals surface area contributed by atoms with Gasteiger partial charge >= 0.3 is 6.18 Å². The molecular weight excluding hydrogens is 453 g/mol. The summed E-state index contributed by atoms with van der Waals surface area (Å²) in [5.41, 5.74) is 1.47. The van der Waals surface area contributed by atoms with E-state index in [1.165, 1.54) is 12.1 Å². The third kappa shape index (κ3) is 4.36. The van der Waals surface area contributed by atoms with Crippen LogP contribution in [-0.2, 0) is 25.7 Å². The van der Waals surface area contributed by atoms with Crippen LogP contribution in [-0.4, -0.2) is 26.4 Å². The fourth-order valence-corrected chi connectivity index (χ4v) is 4.51. The minimum Gasteiger partial charge on any atom is -0.440 e. The van der Waals surface area contributed by atoms with E-state index < -0.39 is 11.7 Å². The number of hydrogen-bond donors (Lipinski definition) is 1. The number of fused-ring (bicyclic) bond motifs is 1. The Morgan fingerprint density at radius 3 is 2.67 bits per heavy atom. The van der Waals surface area contributed by atoms with E-state index in [4.69, 9.17) is 4.42 Å². The highest BCUT2D eigenvalue weighted by molar-refractivity contribution is 7.13. The van der Waals surface area contributed by atoms with Gasteiger partial charge in [0.15, 0.2) is 0 Å². The molecule has 4 heterocycles. The number of alkyl halides is 3. The van der Waals surface area contributed by atoms with Crippen LogP contribution in [0.3, 0.4) is 0 Å². The number of benzene rings is 1. The van der Waals surface area contributed by atoms with Gasteiger partial charge in [0, 0.05) is 31.6 Å². The maximum atomic E-state index is 12.8. The van der Waals surface area contributed by atoms with Crippen LogP contribution in [0.25, 0.3) is 22.2 Å². The van der Waals surface area contributed by atoms with Gasteiger partial charge in [-0.3, -0.25) is 9.69 Å². The maximum Gasteiger partial charge on any atom is 0.416 e. The van der Waals surface area contributed by atoms with Crippen molar-refractivity contribution in [3.05, 3.63) is 80.4 Å². The fourth-order valence-electron chi connectivity index (χ4n) is 3.86. The first-order valence-electron chi connectivity index (χ1n) is 10.3. The van der Waals surface area contributed by atoms with Gasteiger partial charge in [0.2, 0.25) is 5.89 Å². The summed E-state index contributed by atoms with van der Waals surface area (Å²) >= 11 is 1.56. The molecule has 0 radical (unpaired) electrons.